The Bertz CT molecular complexity index is 1400. The summed E-state index contributed by atoms with van der Waals surface area (Å²) in [6.45, 7) is -0.520. The highest BCUT2D eigenvalue weighted by atomic mass is 35.5. The van der Waals surface area contributed by atoms with Crippen LogP contribution in [0.3, 0.4) is 0 Å². The van der Waals surface area contributed by atoms with Gasteiger partial charge in [0, 0.05) is 35.4 Å². The van der Waals surface area contributed by atoms with E-state index in [2.05, 4.69) is 10.1 Å². The number of aromatic nitrogens is 3. The Hall–Kier alpha value is -3.25. The predicted molar refractivity (Wildman–Crippen MR) is 114 cm³/mol. The molecule has 0 N–H and O–H groups in total. The summed E-state index contributed by atoms with van der Waals surface area (Å²) >= 11 is 6.47. The highest BCUT2D eigenvalue weighted by Gasteiger charge is 2.29. The van der Waals surface area contributed by atoms with Gasteiger partial charge in [-0.25, -0.2) is 4.39 Å². The van der Waals surface area contributed by atoms with Crippen LogP contribution in [0.15, 0.2) is 48.8 Å². The minimum atomic E-state index is -2.17. The largest absolute Gasteiger partial charge is 0.328 e. The van der Waals surface area contributed by atoms with Crippen molar-refractivity contribution >= 4 is 28.4 Å². The molecule has 1 aliphatic heterocycles. The number of benzene rings is 2. The maximum Gasteiger partial charge on any atom is 0.256 e. The van der Waals surface area contributed by atoms with Gasteiger partial charge in [0.05, 0.1) is 32.6 Å². The number of aryl methyl sites for hydroxylation is 2. The van der Waals surface area contributed by atoms with Crippen molar-refractivity contribution in [1.29, 1.82) is 0 Å². The van der Waals surface area contributed by atoms with E-state index >= 15 is 4.39 Å². The zero-order valence-corrected chi connectivity index (χ0v) is 17.0. The van der Waals surface area contributed by atoms with E-state index in [0.717, 1.165) is 26.9 Å². The molecule has 2 aromatic carbocycles. The summed E-state index contributed by atoms with van der Waals surface area (Å²) in [5.74, 6) is -1.16. The molecule has 0 fully saturated rings. The molecule has 0 radical (unpaired) electrons. The van der Waals surface area contributed by atoms with E-state index in [-0.39, 0.29) is 28.4 Å². The van der Waals surface area contributed by atoms with Crippen LogP contribution in [-0.4, -0.2) is 25.6 Å². The Morgan fingerprint density at radius 2 is 2.10 bits per heavy atom. The maximum absolute atomic E-state index is 15.3. The number of hydrogen-bond acceptors (Lipinski definition) is 3. The topological polar surface area (TPSA) is 51.0 Å². The number of carbonyl (C=O) groups is 1. The average Bonchev–Trinajstić information content (AvgIpc) is 3.22. The molecule has 0 saturated heterocycles. The van der Waals surface area contributed by atoms with E-state index in [1.54, 1.807) is 16.8 Å². The van der Waals surface area contributed by atoms with Gasteiger partial charge in [-0.05, 0) is 47.9 Å². The number of hydrogen-bond donors (Lipinski definition) is 0. The summed E-state index contributed by atoms with van der Waals surface area (Å²) in [4.78, 5) is 17.8. The predicted octanol–water partition coefficient (Wildman–Crippen LogP) is 4.89. The van der Waals surface area contributed by atoms with Gasteiger partial charge in [0.1, 0.15) is 5.82 Å². The normalized spacial score (nSPS) is 16.0. The second-order valence-electron chi connectivity index (χ2n) is 7.32. The molecule has 1 aliphatic rings. The number of rotatable bonds is 3. The second-order valence-corrected chi connectivity index (χ2v) is 7.72. The van der Waals surface area contributed by atoms with Crippen LogP contribution in [0.1, 0.15) is 29.9 Å². The van der Waals surface area contributed by atoms with Crippen LogP contribution in [0.5, 0.6) is 0 Å². The van der Waals surface area contributed by atoms with Crippen LogP contribution in [0, 0.1) is 12.7 Å². The van der Waals surface area contributed by atoms with Crippen LogP contribution >= 0.6 is 11.6 Å². The smallest absolute Gasteiger partial charge is 0.256 e. The van der Waals surface area contributed by atoms with Crippen LogP contribution < -0.4 is 0 Å². The lowest BCUT2D eigenvalue weighted by Gasteiger charge is -2.18. The first-order valence-corrected chi connectivity index (χ1v) is 9.75. The molecule has 0 bridgehead atoms. The Kier molecular flexibility index (Phi) is 3.81. The zero-order chi connectivity index (χ0) is 22.8. The third-order valence-corrected chi connectivity index (χ3v) is 5.62. The van der Waals surface area contributed by atoms with E-state index in [1.807, 2.05) is 32.3 Å². The molecule has 2 aromatic heterocycles. The molecule has 7 heteroatoms. The standard InChI is InChI=1S/C23H18ClFN4O/c1-13-5-6-15(17-10-28(2)27-22(13)17)14-8-19(24)18(20(25)9-14)11-29-12-21-16(23(29)30)4-3-7-26-21/h3-10H,11-12H2,1-2H3/i12D2. The van der Waals surface area contributed by atoms with E-state index < -0.39 is 18.2 Å². The molecule has 150 valence electrons. The molecule has 30 heavy (non-hydrogen) atoms. The van der Waals surface area contributed by atoms with Crippen LogP contribution in [0.2, 0.25) is 5.02 Å². The first-order valence-electron chi connectivity index (χ1n) is 10.4. The molecule has 3 heterocycles. The van der Waals surface area contributed by atoms with Gasteiger partial charge in [-0.2, -0.15) is 5.10 Å². The molecule has 5 nitrogen and oxygen atoms in total. The molecule has 0 aliphatic carbocycles. The van der Waals surface area contributed by atoms with Gasteiger partial charge in [-0.3, -0.25) is 14.5 Å². The van der Waals surface area contributed by atoms with E-state index in [1.165, 1.54) is 18.3 Å². The van der Waals surface area contributed by atoms with Crippen molar-refractivity contribution in [2.45, 2.75) is 20.0 Å². The maximum atomic E-state index is 15.3. The summed E-state index contributed by atoms with van der Waals surface area (Å²) in [6, 6.07) is 9.90. The van der Waals surface area contributed by atoms with Crippen molar-refractivity contribution in [2.24, 2.45) is 7.05 Å². The Morgan fingerprint density at radius 3 is 2.87 bits per heavy atom. The molecule has 0 saturated carbocycles. The second kappa shape index (κ2) is 6.92. The molecule has 1 amide bonds. The van der Waals surface area contributed by atoms with Crippen molar-refractivity contribution in [3.05, 3.63) is 82.0 Å². The van der Waals surface area contributed by atoms with Gasteiger partial charge in [0.15, 0.2) is 0 Å². The first kappa shape index (κ1) is 16.5. The number of carbonyl (C=O) groups excluding carboxylic acids is 1. The van der Waals surface area contributed by atoms with Gasteiger partial charge in [0.2, 0.25) is 0 Å². The summed E-state index contributed by atoms with van der Waals surface area (Å²) in [7, 11) is 1.83. The summed E-state index contributed by atoms with van der Waals surface area (Å²) in [5, 5.41) is 5.47. The molecule has 0 unspecified atom stereocenters. The van der Waals surface area contributed by atoms with Crippen LogP contribution in [0.4, 0.5) is 4.39 Å². The Morgan fingerprint density at radius 1 is 1.27 bits per heavy atom. The molecule has 5 rings (SSSR count). The zero-order valence-electron chi connectivity index (χ0n) is 18.3. The quantitative estimate of drug-likeness (QED) is 0.472. The lowest BCUT2D eigenvalue weighted by molar-refractivity contribution is 0.0765. The van der Waals surface area contributed by atoms with Crippen molar-refractivity contribution in [3.8, 4) is 11.1 Å². The van der Waals surface area contributed by atoms with Gasteiger partial charge in [0.25, 0.3) is 5.91 Å². The summed E-state index contributed by atoms with van der Waals surface area (Å²) < 4.78 is 33.7. The third-order valence-electron chi connectivity index (χ3n) is 5.28. The number of nitrogens with zero attached hydrogens (tertiary/aromatic N) is 4. The van der Waals surface area contributed by atoms with Crippen LogP contribution in [-0.2, 0) is 20.1 Å². The van der Waals surface area contributed by atoms with E-state index in [4.69, 9.17) is 14.3 Å². The fraction of sp³-hybridized carbons (Fsp3) is 0.174. The molecule has 0 spiro atoms. The van der Waals surface area contributed by atoms with Gasteiger partial charge >= 0.3 is 0 Å². The van der Waals surface area contributed by atoms with Crippen molar-refractivity contribution in [2.75, 3.05) is 0 Å². The number of halogens is 2. The minimum Gasteiger partial charge on any atom is -0.328 e. The van der Waals surface area contributed by atoms with Gasteiger partial charge in [-0.1, -0.05) is 23.7 Å². The van der Waals surface area contributed by atoms with E-state index in [9.17, 15) is 4.79 Å². The highest BCUT2D eigenvalue weighted by Crippen LogP contribution is 2.35. The molecule has 4 aromatic rings. The molecular weight excluding hydrogens is 403 g/mol. The van der Waals surface area contributed by atoms with Crippen molar-refractivity contribution in [3.63, 3.8) is 0 Å². The Balaban J connectivity index is 1.55. The van der Waals surface area contributed by atoms with E-state index in [0.29, 0.717) is 5.56 Å². The number of pyridine rings is 1. The number of fused-ring (bicyclic) bond motifs is 2. The van der Waals surface area contributed by atoms with Crippen molar-refractivity contribution in [1.82, 2.24) is 19.7 Å². The SMILES string of the molecule is [2H]C1([2H])c2ncccc2C(=O)N1Cc1c(F)cc(-c2ccc(C)c3nn(C)cc23)cc1Cl. The first-order chi connectivity index (χ1) is 15.2. The van der Waals surface area contributed by atoms with Crippen molar-refractivity contribution < 1.29 is 11.9 Å². The van der Waals surface area contributed by atoms with Gasteiger partial charge < -0.3 is 4.90 Å². The fourth-order valence-corrected chi connectivity index (χ4v) is 4.04. The Labute approximate surface area is 180 Å². The minimum absolute atomic E-state index is 0.0248. The highest BCUT2D eigenvalue weighted by molar-refractivity contribution is 6.31. The summed E-state index contributed by atoms with van der Waals surface area (Å²) in [6.07, 6.45) is 3.30. The fourth-order valence-electron chi connectivity index (χ4n) is 3.78. The van der Waals surface area contributed by atoms with Crippen LogP contribution in [0.25, 0.3) is 22.0 Å². The monoisotopic (exact) mass is 422 g/mol. The lowest BCUT2D eigenvalue weighted by Crippen LogP contribution is -2.24. The number of amides is 1. The molecule has 0 atom stereocenters. The summed E-state index contributed by atoms with van der Waals surface area (Å²) in [5.41, 5.74) is 3.45. The lowest BCUT2D eigenvalue weighted by atomic mass is 9.98. The van der Waals surface area contributed by atoms with Gasteiger partial charge in [-0.15, -0.1) is 0 Å². The molecular formula is C23H18ClFN4O. The third kappa shape index (κ3) is 2.95. The average molecular weight is 423 g/mol.